The molecule has 32 heavy (non-hydrogen) atoms. The summed E-state index contributed by atoms with van der Waals surface area (Å²) < 4.78 is 44.9. The van der Waals surface area contributed by atoms with Crippen LogP contribution in [0.25, 0.3) is 11.3 Å². The second kappa shape index (κ2) is 9.03. The maximum absolute atomic E-state index is 13.1. The predicted molar refractivity (Wildman–Crippen MR) is 119 cm³/mol. The van der Waals surface area contributed by atoms with Gasteiger partial charge in [-0.1, -0.05) is 0 Å². The van der Waals surface area contributed by atoms with Crippen molar-refractivity contribution in [1.82, 2.24) is 9.29 Å². The number of hydrogen-bond donors (Lipinski definition) is 1. The van der Waals surface area contributed by atoms with Gasteiger partial charge in [-0.05, 0) is 60.7 Å². The zero-order valence-corrected chi connectivity index (χ0v) is 18.5. The van der Waals surface area contributed by atoms with E-state index in [1.807, 2.05) is 0 Å². The Kier molecular flexibility index (Phi) is 6.17. The van der Waals surface area contributed by atoms with Crippen molar-refractivity contribution in [3.05, 3.63) is 89.4 Å². The van der Waals surface area contributed by atoms with Crippen molar-refractivity contribution in [2.75, 3.05) is 12.4 Å². The number of benzene rings is 2. The van der Waals surface area contributed by atoms with Gasteiger partial charge in [-0.15, -0.1) is 11.3 Å². The van der Waals surface area contributed by atoms with Crippen LogP contribution in [0.1, 0.15) is 16.1 Å². The van der Waals surface area contributed by atoms with Crippen molar-refractivity contribution in [3.63, 3.8) is 0 Å². The van der Waals surface area contributed by atoms with Gasteiger partial charge in [0.2, 0.25) is 10.0 Å². The van der Waals surface area contributed by atoms with Gasteiger partial charge in [-0.25, -0.2) is 17.8 Å². The number of thiazole rings is 1. The molecule has 0 bridgehead atoms. The van der Waals surface area contributed by atoms with E-state index in [9.17, 15) is 17.6 Å². The lowest BCUT2D eigenvalue weighted by molar-refractivity contribution is 0.102. The fourth-order valence-corrected chi connectivity index (χ4v) is 4.77. The molecular formula is C22H18FN3O4S2. The Morgan fingerprint density at radius 2 is 1.84 bits per heavy atom. The smallest absolute Gasteiger partial charge is 0.257 e. The first kappa shape index (κ1) is 21.9. The molecule has 2 heterocycles. The van der Waals surface area contributed by atoms with Gasteiger partial charge in [0.25, 0.3) is 5.91 Å². The molecule has 0 aliphatic heterocycles. The molecule has 0 saturated heterocycles. The first-order valence-corrected chi connectivity index (χ1v) is 11.8. The van der Waals surface area contributed by atoms with Crippen LogP contribution in [-0.4, -0.2) is 30.7 Å². The van der Waals surface area contributed by atoms with Gasteiger partial charge < -0.3 is 4.42 Å². The molecular weight excluding hydrogens is 453 g/mol. The molecule has 1 amide bonds. The number of anilines is 1. The minimum absolute atomic E-state index is 0.0657. The van der Waals surface area contributed by atoms with Crippen LogP contribution in [-0.2, 0) is 16.6 Å². The molecule has 0 saturated carbocycles. The summed E-state index contributed by atoms with van der Waals surface area (Å²) in [7, 11) is -2.28. The van der Waals surface area contributed by atoms with E-state index in [1.165, 1.54) is 65.4 Å². The fourth-order valence-electron chi connectivity index (χ4n) is 2.92. The van der Waals surface area contributed by atoms with Crippen molar-refractivity contribution >= 4 is 32.4 Å². The van der Waals surface area contributed by atoms with Crippen LogP contribution in [0.3, 0.4) is 0 Å². The third-order valence-corrected chi connectivity index (χ3v) is 7.22. The number of aromatic nitrogens is 1. The zero-order valence-electron chi connectivity index (χ0n) is 16.9. The molecule has 2 aromatic heterocycles. The maximum Gasteiger partial charge on any atom is 0.257 e. The van der Waals surface area contributed by atoms with Gasteiger partial charge in [0.15, 0.2) is 5.13 Å². The van der Waals surface area contributed by atoms with Crippen molar-refractivity contribution in [3.8, 4) is 11.3 Å². The molecule has 0 radical (unpaired) electrons. The Balaban J connectivity index is 1.43. The van der Waals surface area contributed by atoms with Crippen molar-refractivity contribution in [2.24, 2.45) is 0 Å². The number of hydrogen-bond acceptors (Lipinski definition) is 6. The number of nitrogens with one attached hydrogen (secondary N) is 1. The molecule has 2 aromatic carbocycles. The Bertz CT molecular complexity index is 1320. The summed E-state index contributed by atoms with van der Waals surface area (Å²) in [6, 6.07) is 14.9. The van der Waals surface area contributed by atoms with Crippen LogP contribution >= 0.6 is 11.3 Å². The maximum atomic E-state index is 13.1. The van der Waals surface area contributed by atoms with Crippen LogP contribution in [0.2, 0.25) is 0 Å². The molecule has 0 aliphatic rings. The van der Waals surface area contributed by atoms with E-state index in [1.54, 1.807) is 29.6 Å². The number of rotatable bonds is 7. The summed E-state index contributed by atoms with van der Waals surface area (Å²) in [4.78, 5) is 17.0. The zero-order chi connectivity index (χ0) is 22.7. The third-order valence-electron chi connectivity index (χ3n) is 4.65. The lowest BCUT2D eigenvalue weighted by Gasteiger charge is -2.16. The van der Waals surface area contributed by atoms with Gasteiger partial charge in [0, 0.05) is 23.6 Å². The van der Waals surface area contributed by atoms with Gasteiger partial charge in [0.05, 0.1) is 23.4 Å². The average Bonchev–Trinajstić information content (AvgIpc) is 3.46. The summed E-state index contributed by atoms with van der Waals surface area (Å²) in [6.07, 6.45) is 1.48. The summed E-state index contributed by atoms with van der Waals surface area (Å²) >= 11 is 1.24. The SMILES string of the molecule is CN(Cc1ccco1)S(=O)(=O)c1ccc(C(=O)Nc2nc(-c3ccc(F)cc3)cs2)cc1. The van der Waals surface area contributed by atoms with Crippen LogP contribution in [0.4, 0.5) is 9.52 Å². The summed E-state index contributed by atoms with van der Waals surface area (Å²) in [5.74, 6) is -0.233. The lowest BCUT2D eigenvalue weighted by atomic mass is 10.2. The van der Waals surface area contributed by atoms with Crippen molar-refractivity contribution in [2.45, 2.75) is 11.4 Å². The second-order valence-corrected chi connectivity index (χ2v) is 9.77. The number of furan rings is 1. The first-order chi connectivity index (χ1) is 15.3. The number of amides is 1. The standard InChI is InChI=1S/C22H18FN3O4S2/c1-26(13-18-3-2-12-30-18)32(28,29)19-10-6-16(7-11-19)21(27)25-22-24-20(14-31-22)15-4-8-17(23)9-5-15/h2-12,14H,13H2,1H3,(H,24,25,27). The molecule has 0 fully saturated rings. The van der Waals surface area contributed by atoms with E-state index in [4.69, 9.17) is 4.42 Å². The van der Waals surface area contributed by atoms with E-state index < -0.39 is 15.9 Å². The number of carbonyl (C=O) groups excluding carboxylic acids is 1. The van der Waals surface area contributed by atoms with Gasteiger partial charge >= 0.3 is 0 Å². The molecule has 1 N–H and O–H groups in total. The van der Waals surface area contributed by atoms with Crippen molar-refractivity contribution < 1.29 is 22.0 Å². The molecule has 164 valence electrons. The van der Waals surface area contributed by atoms with Crippen LogP contribution < -0.4 is 5.32 Å². The van der Waals surface area contributed by atoms with Crippen molar-refractivity contribution in [1.29, 1.82) is 0 Å². The highest BCUT2D eigenvalue weighted by molar-refractivity contribution is 7.89. The quantitative estimate of drug-likeness (QED) is 0.425. The molecule has 10 heteroatoms. The van der Waals surface area contributed by atoms with Crippen LogP contribution in [0, 0.1) is 5.82 Å². The Morgan fingerprint density at radius 3 is 2.50 bits per heavy atom. The molecule has 4 rings (SSSR count). The van der Waals surface area contributed by atoms with Crippen LogP contribution in [0.5, 0.6) is 0 Å². The van der Waals surface area contributed by atoms with Gasteiger partial charge in [-0.2, -0.15) is 4.31 Å². The number of sulfonamides is 1. The molecule has 4 aromatic rings. The van der Waals surface area contributed by atoms with E-state index >= 15 is 0 Å². The molecule has 0 aliphatic carbocycles. The predicted octanol–water partition coefficient (Wildman–Crippen LogP) is 4.62. The summed E-state index contributed by atoms with van der Waals surface area (Å²) in [5, 5.41) is 4.83. The number of nitrogens with zero attached hydrogens (tertiary/aromatic N) is 2. The molecule has 0 spiro atoms. The largest absolute Gasteiger partial charge is 0.468 e. The molecule has 0 atom stereocenters. The highest BCUT2D eigenvalue weighted by Crippen LogP contribution is 2.25. The van der Waals surface area contributed by atoms with E-state index in [-0.39, 0.29) is 22.8 Å². The van der Waals surface area contributed by atoms with Crippen LogP contribution in [0.15, 0.2) is 81.6 Å². The number of carbonyl (C=O) groups is 1. The molecule has 7 nitrogen and oxygen atoms in total. The average molecular weight is 472 g/mol. The van der Waals surface area contributed by atoms with Gasteiger partial charge in [0.1, 0.15) is 11.6 Å². The van der Waals surface area contributed by atoms with E-state index in [0.29, 0.717) is 16.6 Å². The van der Waals surface area contributed by atoms with Gasteiger partial charge in [-0.3, -0.25) is 10.1 Å². The lowest BCUT2D eigenvalue weighted by Crippen LogP contribution is -2.26. The normalized spacial score (nSPS) is 11.6. The highest BCUT2D eigenvalue weighted by atomic mass is 32.2. The Labute approximate surface area is 188 Å². The van der Waals surface area contributed by atoms with E-state index in [0.717, 1.165) is 5.56 Å². The number of halogens is 1. The minimum atomic E-state index is -3.74. The highest BCUT2D eigenvalue weighted by Gasteiger charge is 2.22. The van der Waals surface area contributed by atoms with E-state index in [2.05, 4.69) is 10.3 Å². The second-order valence-electron chi connectivity index (χ2n) is 6.86. The first-order valence-electron chi connectivity index (χ1n) is 9.44. The minimum Gasteiger partial charge on any atom is -0.468 e. The molecule has 0 unspecified atom stereocenters. The summed E-state index contributed by atoms with van der Waals surface area (Å²) in [5.41, 5.74) is 1.64. The fraction of sp³-hybridized carbons (Fsp3) is 0.0909. The Morgan fingerprint density at radius 1 is 1.12 bits per heavy atom. The monoisotopic (exact) mass is 471 g/mol. The Hall–Kier alpha value is -3.34. The topological polar surface area (TPSA) is 92.5 Å². The summed E-state index contributed by atoms with van der Waals surface area (Å²) in [6.45, 7) is 0.0952. The third kappa shape index (κ3) is 4.77.